The van der Waals surface area contributed by atoms with Crippen LogP contribution in [0.25, 0.3) is 0 Å². The molecule has 2 rings (SSSR count). The number of thioether (sulfide) groups is 1. The molecule has 0 spiro atoms. The zero-order valence-electron chi connectivity index (χ0n) is 16.3. The Kier molecular flexibility index (Phi) is 9.36. The molecule has 5 nitrogen and oxygen atoms in total. The Labute approximate surface area is 165 Å². The van der Waals surface area contributed by atoms with Gasteiger partial charge in [-0.1, -0.05) is 31.3 Å². The molecule has 1 atom stereocenters. The van der Waals surface area contributed by atoms with E-state index in [1.807, 2.05) is 31.1 Å². The number of aryl methyl sites for hydroxylation is 1. The molecule has 1 aliphatic rings. The lowest BCUT2D eigenvalue weighted by Gasteiger charge is -2.26. The molecule has 26 heavy (non-hydrogen) atoms. The first-order valence-electron chi connectivity index (χ1n) is 9.33. The summed E-state index contributed by atoms with van der Waals surface area (Å²) in [7, 11) is 0. The monoisotopic (exact) mass is 394 g/mol. The van der Waals surface area contributed by atoms with Crippen LogP contribution in [-0.4, -0.2) is 55.6 Å². The molecule has 1 aromatic rings. The van der Waals surface area contributed by atoms with Crippen molar-refractivity contribution in [3.63, 3.8) is 0 Å². The summed E-state index contributed by atoms with van der Waals surface area (Å²) in [6, 6.07) is 0. The number of rotatable bonds is 9. The number of aromatic nitrogens is 1. The highest BCUT2D eigenvalue weighted by atomic mass is 32.2. The number of hydrogen-bond acceptors (Lipinski definition) is 7. The number of thiazole rings is 1. The molecule has 1 fully saturated rings. The molecule has 0 saturated carbocycles. The number of nitrogens with zero attached hydrogens (tertiary/aromatic N) is 4. The molecule has 144 valence electrons. The van der Waals surface area contributed by atoms with E-state index in [4.69, 9.17) is 14.7 Å². The largest absolute Gasteiger partial charge is 0.378 e. The second kappa shape index (κ2) is 11.5. The minimum atomic E-state index is 0.186. The molecule has 1 aromatic heterocycles. The van der Waals surface area contributed by atoms with Crippen LogP contribution in [0.2, 0.25) is 0 Å². The van der Waals surface area contributed by atoms with Gasteiger partial charge in [0, 0.05) is 19.3 Å². The third kappa shape index (κ3) is 6.52. The highest BCUT2D eigenvalue weighted by Crippen LogP contribution is 2.28. The lowest BCUT2D eigenvalue weighted by Crippen LogP contribution is -2.36. The van der Waals surface area contributed by atoms with Gasteiger partial charge in [-0.15, -0.1) is 11.8 Å². The zero-order valence-corrected chi connectivity index (χ0v) is 17.9. The van der Waals surface area contributed by atoms with Crippen LogP contribution in [0.3, 0.4) is 0 Å². The SMILES string of the molecule is CC=NC/C=C(/CC)SC(C)/N=C/c1sc(N2CCOCC2)nc1CC. The number of aliphatic imine (C=N–C) groups is 2. The number of hydrogen-bond donors (Lipinski definition) is 0. The standard InChI is InChI=1S/C19H30N4OS2/c1-5-16(8-9-20-7-3)25-15(4)21-14-18-17(6-2)22-19(26-18)23-10-12-24-13-11-23/h7-8,14-15H,5-6,9-13H2,1-4H3/b16-8-,20-7?,21-14+. The Hall–Kier alpha value is -1.18. The van der Waals surface area contributed by atoms with E-state index in [9.17, 15) is 0 Å². The Morgan fingerprint density at radius 3 is 2.81 bits per heavy atom. The maximum absolute atomic E-state index is 5.44. The molecule has 1 unspecified atom stereocenters. The summed E-state index contributed by atoms with van der Waals surface area (Å²) in [5.74, 6) is 0. The summed E-state index contributed by atoms with van der Waals surface area (Å²) in [6.45, 7) is 12.6. The van der Waals surface area contributed by atoms with Crippen LogP contribution in [0.15, 0.2) is 21.0 Å². The highest BCUT2D eigenvalue weighted by molar-refractivity contribution is 8.03. The average molecular weight is 395 g/mol. The van der Waals surface area contributed by atoms with Gasteiger partial charge in [-0.3, -0.25) is 9.98 Å². The van der Waals surface area contributed by atoms with E-state index >= 15 is 0 Å². The average Bonchev–Trinajstić information content (AvgIpc) is 3.09. The van der Waals surface area contributed by atoms with Gasteiger partial charge in [0.05, 0.1) is 35.7 Å². The third-order valence-electron chi connectivity index (χ3n) is 4.01. The molecule has 7 heteroatoms. The van der Waals surface area contributed by atoms with E-state index in [0.29, 0.717) is 0 Å². The Morgan fingerprint density at radius 2 is 2.15 bits per heavy atom. The summed E-state index contributed by atoms with van der Waals surface area (Å²) in [5.41, 5.74) is 1.14. The van der Waals surface area contributed by atoms with Crippen molar-refractivity contribution in [1.82, 2.24) is 4.98 Å². The van der Waals surface area contributed by atoms with E-state index in [1.54, 1.807) is 11.3 Å². The van der Waals surface area contributed by atoms with E-state index in [1.165, 1.54) is 9.78 Å². The predicted octanol–water partition coefficient (Wildman–Crippen LogP) is 4.42. The van der Waals surface area contributed by atoms with Crippen LogP contribution in [0.5, 0.6) is 0 Å². The maximum atomic E-state index is 5.44. The maximum Gasteiger partial charge on any atom is 0.186 e. The van der Waals surface area contributed by atoms with E-state index in [2.05, 4.69) is 36.7 Å². The molecular weight excluding hydrogens is 364 g/mol. The molecule has 0 radical (unpaired) electrons. The molecule has 0 aromatic carbocycles. The molecule has 1 aliphatic heterocycles. The second-order valence-corrected chi connectivity index (χ2v) is 8.35. The lowest BCUT2D eigenvalue weighted by molar-refractivity contribution is 0.122. The third-order valence-corrected chi connectivity index (χ3v) is 6.33. The first kappa shape index (κ1) is 21.1. The van der Waals surface area contributed by atoms with Crippen LogP contribution in [0, 0.1) is 0 Å². The smallest absolute Gasteiger partial charge is 0.186 e. The molecule has 1 saturated heterocycles. The first-order valence-corrected chi connectivity index (χ1v) is 11.0. The molecule has 2 heterocycles. The molecule has 0 N–H and O–H groups in total. The van der Waals surface area contributed by atoms with E-state index in [0.717, 1.165) is 56.5 Å². The Morgan fingerprint density at radius 1 is 1.38 bits per heavy atom. The van der Waals surface area contributed by atoms with Gasteiger partial charge >= 0.3 is 0 Å². The molecular formula is C19H30N4OS2. The number of ether oxygens (including phenoxy) is 1. The topological polar surface area (TPSA) is 50.1 Å². The minimum absolute atomic E-state index is 0.186. The summed E-state index contributed by atoms with van der Waals surface area (Å²) >= 11 is 3.55. The summed E-state index contributed by atoms with van der Waals surface area (Å²) in [4.78, 5) is 18.7. The second-order valence-electron chi connectivity index (χ2n) is 5.90. The summed E-state index contributed by atoms with van der Waals surface area (Å²) in [6.07, 6.45) is 8.00. The van der Waals surface area contributed by atoms with Crippen molar-refractivity contribution in [2.75, 3.05) is 37.7 Å². The summed E-state index contributed by atoms with van der Waals surface area (Å²) in [5, 5.41) is 1.28. The van der Waals surface area contributed by atoms with Crippen LogP contribution in [-0.2, 0) is 11.2 Å². The molecule has 0 bridgehead atoms. The van der Waals surface area contributed by atoms with Crippen molar-refractivity contribution in [3.05, 3.63) is 21.6 Å². The van der Waals surface area contributed by atoms with Crippen LogP contribution >= 0.6 is 23.1 Å². The van der Waals surface area contributed by atoms with Crippen molar-refractivity contribution in [2.24, 2.45) is 9.98 Å². The van der Waals surface area contributed by atoms with Crippen molar-refractivity contribution >= 4 is 40.7 Å². The van der Waals surface area contributed by atoms with Crippen molar-refractivity contribution < 1.29 is 4.74 Å². The highest BCUT2D eigenvalue weighted by Gasteiger charge is 2.17. The van der Waals surface area contributed by atoms with Crippen LogP contribution < -0.4 is 4.90 Å². The van der Waals surface area contributed by atoms with Gasteiger partial charge in [0.1, 0.15) is 0 Å². The van der Waals surface area contributed by atoms with Gasteiger partial charge in [0.25, 0.3) is 0 Å². The number of anilines is 1. The fourth-order valence-electron chi connectivity index (χ4n) is 2.55. The number of morpholine rings is 1. The van der Waals surface area contributed by atoms with E-state index < -0.39 is 0 Å². The first-order chi connectivity index (χ1) is 12.7. The normalized spacial score (nSPS) is 17.5. The van der Waals surface area contributed by atoms with Gasteiger partial charge in [0.2, 0.25) is 0 Å². The Balaban J connectivity index is 2.01. The van der Waals surface area contributed by atoms with Gasteiger partial charge in [-0.05, 0) is 37.8 Å². The molecule has 0 amide bonds. The summed E-state index contributed by atoms with van der Waals surface area (Å²) < 4.78 is 5.44. The van der Waals surface area contributed by atoms with Gasteiger partial charge in [0.15, 0.2) is 5.13 Å². The van der Waals surface area contributed by atoms with Gasteiger partial charge in [-0.25, -0.2) is 4.98 Å². The fraction of sp³-hybridized carbons (Fsp3) is 0.632. The van der Waals surface area contributed by atoms with Gasteiger partial charge in [-0.2, -0.15) is 0 Å². The lowest BCUT2D eigenvalue weighted by atomic mass is 10.3. The molecule has 0 aliphatic carbocycles. The quantitative estimate of drug-likeness (QED) is 0.582. The zero-order chi connectivity index (χ0) is 18.8. The Bertz CT molecular complexity index is 633. The fourth-order valence-corrected chi connectivity index (χ4v) is 4.54. The van der Waals surface area contributed by atoms with Crippen LogP contribution in [0.4, 0.5) is 5.13 Å². The number of allylic oxidation sites excluding steroid dienone is 1. The van der Waals surface area contributed by atoms with Gasteiger partial charge < -0.3 is 9.64 Å². The van der Waals surface area contributed by atoms with Crippen molar-refractivity contribution in [2.45, 2.75) is 45.9 Å². The van der Waals surface area contributed by atoms with E-state index in [-0.39, 0.29) is 5.37 Å². The van der Waals surface area contributed by atoms with Crippen molar-refractivity contribution in [1.29, 1.82) is 0 Å². The minimum Gasteiger partial charge on any atom is -0.378 e. The predicted molar refractivity (Wildman–Crippen MR) is 117 cm³/mol. The van der Waals surface area contributed by atoms with Crippen molar-refractivity contribution in [3.8, 4) is 0 Å². The van der Waals surface area contributed by atoms with Crippen LogP contribution in [0.1, 0.15) is 44.7 Å².